The highest BCUT2D eigenvalue weighted by Gasteiger charge is 2.13. The van der Waals surface area contributed by atoms with Crippen molar-refractivity contribution in [2.24, 2.45) is 0 Å². The van der Waals surface area contributed by atoms with Crippen molar-refractivity contribution in [3.63, 3.8) is 0 Å². The molecule has 0 radical (unpaired) electrons. The minimum Gasteiger partial charge on any atom is -0.478 e. The number of imide groups is 1. The van der Waals surface area contributed by atoms with Crippen molar-refractivity contribution in [1.29, 1.82) is 0 Å². The van der Waals surface area contributed by atoms with E-state index in [1.54, 1.807) is 31.2 Å². The molecule has 1 rings (SSSR count). The molecule has 0 heterocycles. The van der Waals surface area contributed by atoms with E-state index in [1.807, 2.05) is 5.32 Å². The summed E-state index contributed by atoms with van der Waals surface area (Å²) in [5, 5.41) is 13.3. The van der Waals surface area contributed by atoms with Crippen LogP contribution in [0.2, 0.25) is 5.02 Å². The normalized spacial score (nSPS) is 11.9. The lowest BCUT2D eigenvalue weighted by Crippen LogP contribution is -2.39. The van der Waals surface area contributed by atoms with Gasteiger partial charge in [-0.05, 0) is 18.6 Å². The van der Waals surface area contributed by atoms with Crippen LogP contribution in [0.15, 0.2) is 36.4 Å². The first-order chi connectivity index (χ1) is 9.40. The molecule has 1 unspecified atom stereocenters. The van der Waals surface area contributed by atoms with Crippen LogP contribution < -0.4 is 10.6 Å². The van der Waals surface area contributed by atoms with E-state index >= 15 is 0 Å². The standard InChI is InChI=1S/C13H13ClN2O4/c1-8(9-4-2-3-5-10(9)14)15-13(20)16-11(17)6-7-12(18)19/h2-8H,1H3,(H,18,19)(H2,15,16,17,20). The Hall–Kier alpha value is -2.34. The highest BCUT2D eigenvalue weighted by Crippen LogP contribution is 2.21. The van der Waals surface area contributed by atoms with E-state index in [-0.39, 0.29) is 0 Å². The topological polar surface area (TPSA) is 95.5 Å². The summed E-state index contributed by atoms with van der Waals surface area (Å²) in [6.07, 6.45) is 1.39. The molecule has 1 aromatic carbocycles. The molecule has 0 bridgehead atoms. The summed E-state index contributed by atoms with van der Waals surface area (Å²) >= 11 is 5.98. The van der Waals surface area contributed by atoms with Gasteiger partial charge in [0.2, 0.25) is 0 Å². The fourth-order valence-electron chi connectivity index (χ4n) is 1.44. The summed E-state index contributed by atoms with van der Waals surface area (Å²) in [7, 11) is 0. The summed E-state index contributed by atoms with van der Waals surface area (Å²) in [6, 6.07) is 5.83. The molecule has 3 N–H and O–H groups in total. The second-order valence-electron chi connectivity index (χ2n) is 3.88. The molecular weight excluding hydrogens is 284 g/mol. The van der Waals surface area contributed by atoms with Crippen LogP contribution in [0.3, 0.4) is 0 Å². The van der Waals surface area contributed by atoms with Gasteiger partial charge in [-0.25, -0.2) is 9.59 Å². The Morgan fingerprint density at radius 1 is 1.25 bits per heavy atom. The predicted octanol–water partition coefficient (Wildman–Crippen LogP) is 1.87. The minimum absolute atomic E-state index is 0.403. The molecular formula is C13H13ClN2O4. The van der Waals surface area contributed by atoms with E-state index in [0.717, 1.165) is 6.08 Å². The number of amides is 3. The third-order valence-corrected chi connectivity index (χ3v) is 2.68. The Morgan fingerprint density at radius 3 is 2.50 bits per heavy atom. The van der Waals surface area contributed by atoms with Crippen molar-refractivity contribution in [3.05, 3.63) is 47.0 Å². The maximum absolute atomic E-state index is 11.5. The number of hydrogen-bond acceptors (Lipinski definition) is 3. The number of carboxylic acid groups (broad SMARTS) is 1. The number of carbonyl (C=O) groups excluding carboxylic acids is 2. The lowest BCUT2D eigenvalue weighted by Gasteiger charge is -2.15. The molecule has 1 atom stereocenters. The number of carboxylic acids is 1. The number of nitrogens with one attached hydrogen (secondary N) is 2. The van der Waals surface area contributed by atoms with E-state index in [2.05, 4.69) is 5.32 Å². The molecule has 3 amide bonds. The number of urea groups is 1. The first kappa shape index (κ1) is 15.7. The fraction of sp³-hybridized carbons (Fsp3) is 0.154. The van der Waals surface area contributed by atoms with Gasteiger partial charge in [0.15, 0.2) is 0 Å². The summed E-state index contributed by atoms with van der Waals surface area (Å²) in [4.78, 5) is 32.9. The molecule has 0 spiro atoms. The number of benzene rings is 1. The van der Waals surface area contributed by atoms with Gasteiger partial charge in [0, 0.05) is 17.2 Å². The Bertz CT molecular complexity index is 557. The second kappa shape index (κ2) is 7.30. The van der Waals surface area contributed by atoms with Gasteiger partial charge in [0.05, 0.1) is 6.04 Å². The van der Waals surface area contributed by atoms with Crippen LogP contribution in [-0.2, 0) is 9.59 Å². The van der Waals surface area contributed by atoms with Crippen molar-refractivity contribution in [2.75, 3.05) is 0 Å². The monoisotopic (exact) mass is 296 g/mol. The van der Waals surface area contributed by atoms with Gasteiger partial charge in [0.25, 0.3) is 5.91 Å². The lowest BCUT2D eigenvalue weighted by atomic mass is 10.1. The van der Waals surface area contributed by atoms with Gasteiger partial charge in [-0.15, -0.1) is 0 Å². The Morgan fingerprint density at radius 2 is 1.90 bits per heavy atom. The molecule has 1 aromatic rings. The Labute approximate surface area is 120 Å². The van der Waals surface area contributed by atoms with Crippen LogP contribution in [0, 0.1) is 0 Å². The fourth-order valence-corrected chi connectivity index (χ4v) is 1.74. The van der Waals surface area contributed by atoms with Crippen LogP contribution in [0.25, 0.3) is 0 Å². The van der Waals surface area contributed by atoms with Gasteiger partial charge in [0.1, 0.15) is 0 Å². The minimum atomic E-state index is -1.27. The molecule has 0 aromatic heterocycles. The summed E-state index contributed by atoms with van der Waals surface area (Å²) in [5.74, 6) is -2.10. The third-order valence-electron chi connectivity index (χ3n) is 2.33. The van der Waals surface area contributed by atoms with E-state index < -0.39 is 23.9 Å². The molecule has 20 heavy (non-hydrogen) atoms. The molecule has 106 valence electrons. The number of aliphatic carboxylic acids is 1. The zero-order chi connectivity index (χ0) is 15.1. The van der Waals surface area contributed by atoms with Crippen molar-refractivity contribution in [1.82, 2.24) is 10.6 Å². The van der Waals surface area contributed by atoms with Crippen molar-refractivity contribution >= 4 is 29.5 Å². The Balaban J connectivity index is 2.57. The number of hydrogen-bond donors (Lipinski definition) is 3. The zero-order valence-electron chi connectivity index (χ0n) is 10.6. The quantitative estimate of drug-likeness (QED) is 0.739. The maximum atomic E-state index is 11.5. The number of carbonyl (C=O) groups is 3. The van der Waals surface area contributed by atoms with Gasteiger partial charge >= 0.3 is 12.0 Å². The first-order valence-corrected chi connectivity index (χ1v) is 6.05. The van der Waals surface area contributed by atoms with Gasteiger partial charge in [-0.1, -0.05) is 29.8 Å². The second-order valence-corrected chi connectivity index (χ2v) is 4.28. The molecule has 6 nitrogen and oxygen atoms in total. The molecule has 0 saturated carbocycles. The third kappa shape index (κ3) is 5.11. The van der Waals surface area contributed by atoms with Crippen molar-refractivity contribution < 1.29 is 19.5 Å². The molecule has 0 saturated heterocycles. The largest absolute Gasteiger partial charge is 0.478 e. The number of rotatable bonds is 4. The molecule has 7 heteroatoms. The van der Waals surface area contributed by atoms with Gasteiger partial charge in [-0.2, -0.15) is 0 Å². The maximum Gasteiger partial charge on any atom is 0.328 e. The first-order valence-electron chi connectivity index (χ1n) is 5.67. The van der Waals surface area contributed by atoms with Crippen LogP contribution >= 0.6 is 11.6 Å². The van der Waals surface area contributed by atoms with Crippen LogP contribution in [0.1, 0.15) is 18.5 Å². The lowest BCUT2D eigenvalue weighted by molar-refractivity contribution is -0.131. The van der Waals surface area contributed by atoms with Gasteiger partial charge < -0.3 is 10.4 Å². The zero-order valence-corrected chi connectivity index (χ0v) is 11.3. The predicted molar refractivity (Wildman–Crippen MR) is 73.3 cm³/mol. The molecule has 0 aliphatic rings. The smallest absolute Gasteiger partial charge is 0.328 e. The highest BCUT2D eigenvalue weighted by molar-refractivity contribution is 6.31. The van der Waals surface area contributed by atoms with E-state index in [4.69, 9.17) is 16.7 Å². The Kier molecular flexibility index (Phi) is 5.74. The van der Waals surface area contributed by atoms with Crippen LogP contribution in [0.4, 0.5) is 4.79 Å². The number of halogens is 1. The van der Waals surface area contributed by atoms with Crippen LogP contribution in [-0.4, -0.2) is 23.0 Å². The summed E-state index contributed by atoms with van der Waals surface area (Å²) in [6.45, 7) is 1.71. The van der Waals surface area contributed by atoms with Crippen LogP contribution in [0.5, 0.6) is 0 Å². The highest BCUT2D eigenvalue weighted by atomic mass is 35.5. The molecule has 0 aliphatic heterocycles. The summed E-state index contributed by atoms with van der Waals surface area (Å²) < 4.78 is 0. The van der Waals surface area contributed by atoms with E-state index in [1.165, 1.54) is 0 Å². The SMILES string of the molecule is CC(NC(=O)NC(=O)C=CC(=O)O)c1ccccc1Cl. The van der Waals surface area contributed by atoms with E-state index in [9.17, 15) is 14.4 Å². The molecule has 0 fully saturated rings. The average Bonchev–Trinajstić information content (AvgIpc) is 2.36. The van der Waals surface area contributed by atoms with E-state index in [0.29, 0.717) is 16.7 Å². The van der Waals surface area contributed by atoms with Crippen molar-refractivity contribution in [3.8, 4) is 0 Å². The molecule has 0 aliphatic carbocycles. The summed E-state index contributed by atoms with van der Waals surface area (Å²) in [5.41, 5.74) is 0.706. The van der Waals surface area contributed by atoms with Crippen molar-refractivity contribution in [2.45, 2.75) is 13.0 Å². The average molecular weight is 297 g/mol. The van der Waals surface area contributed by atoms with Gasteiger partial charge in [-0.3, -0.25) is 10.1 Å².